The van der Waals surface area contributed by atoms with E-state index in [0.29, 0.717) is 17.2 Å². The van der Waals surface area contributed by atoms with Gasteiger partial charge in [0, 0.05) is 23.9 Å². The van der Waals surface area contributed by atoms with E-state index in [1.807, 2.05) is 13.8 Å². The Morgan fingerprint density at radius 1 is 1.61 bits per heavy atom. The fraction of sp³-hybridized carbons (Fsp3) is 0.385. The van der Waals surface area contributed by atoms with Crippen LogP contribution in [0, 0.1) is 0 Å². The molecule has 0 aliphatic heterocycles. The number of aliphatic hydroxyl groups excluding tert-OH is 1. The molecule has 1 aromatic rings. The molecule has 0 aliphatic carbocycles. The number of nitrogens with two attached hydrogens (primary N) is 1. The molecule has 5 nitrogen and oxygen atoms in total. The van der Waals surface area contributed by atoms with Crippen molar-refractivity contribution in [3.8, 4) is 5.88 Å². The van der Waals surface area contributed by atoms with Gasteiger partial charge in [-0.2, -0.15) is 0 Å². The van der Waals surface area contributed by atoms with Crippen LogP contribution in [0.15, 0.2) is 29.5 Å². The highest BCUT2D eigenvalue weighted by Crippen LogP contribution is 2.16. The summed E-state index contributed by atoms with van der Waals surface area (Å²) in [5.41, 5.74) is 7.59. The number of rotatable bonds is 5. The molecule has 0 atom stereocenters. The molecule has 0 saturated heterocycles. The SMILES string of the molecule is COc1cc(CO)c(C(C=CN)=NC(C)C)cn1. The molecule has 1 rings (SSSR count). The largest absolute Gasteiger partial charge is 0.481 e. The number of pyridine rings is 1. The summed E-state index contributed by atoms with van der Waals surface area (Å²) in [5, 5.41) is 9.40. The van der Waals surface area contributed by atoms with Gasteiger partial charge in [0.15, 0.2) is 0 Å². The number of methoxy groups -OCH3 is 1. The number of aliphatic hydroxyl groups is 1. The second-order valence-electron chi connectivity index (χ2n) is 4.01. The van der Waals surface area contributed by atoms with Crippen molar-refractivity contribution >= 4 is 5.71 Å². The topological polar surface area (TPSA) is 80.7 Å². The Balaban J connectivity index is 3.27. The fourth-order valence-electron chi connectivity index (χ4n) is 1.52. The van der Waals surface area contributed by atoms with Gasteiger partial charge in [0.2, 0.25) is 5.88 Å². The van der Waals surface area contributed by atoms with Gasteiger partial charge in [0.1, 0.15) is 0 Å². The van der Waals surface area contributed by atoms with Gasteiger partial charge < -0.3 is 15.6 Å². The van der Waals surface area contributed by atoms with Crippen molar-refractivity contribution < 1.29 is 9.84 Å². The lowest BCUT2D eigenvalue weighted by molar-refractivity contribution is 0.280. The summed E-state index contributed by atoms with van der Waals surface area (Å²) in [6.07, 6.45) is 4.75. The monoisotopic (exact) mass is 249 g/mol. The Morgan fingerprint density at radius 3 is 2.83 bits per heavy atom. The highest BCUT2D eigenvalue weighted by molar-refractivity contribution is 6.09. The number of allylic oxidation sites excluding steroid dienone is 1. The van der Waals surface area contributed by atoms with Gasteiger partial charge in [-0.3, -0.25) is 4.99 Å². The number of hydrogen-bond donors (Lipinski definition) is 2. The van der Waals surface area contributed by atoms with Gasteiger partial charge in [-0.25, -0.2) is 4.98 Å². The molecule has 0 spiro atoms. The summed E-state index contributed by atoms with van der Waals surface area (Å²) in [6, 6.07) is 1.82. The van der Waals surface area contributed by atoms with E-state index >= 15 is 0 Å². The van der Waals surface area contributed by atoms with E-state index < -0.39 is 0 Å². The number of ether oxygens (including phenoxy) is 1. The molecule has 0 amide bonds. The maximum absolute atomic E-state index is 9.40. The molecule has 0 radical (unpaired) electrons. The minimum atomic E-state index is -0.107. The molecule has 0 aromatic carbocycles. The molecule has 0 unspecified atom stereocenters. The van der Waals surface area contributed by atoms with Crippen molar-refractivity contribution in [3.05, 3.63) is 35.7 Å². The van der Waals surface area contributed by atoms with E-state index in [2.05, 4.69) is 9.98 Å². The van der Waals surface area contributed by atoms with Crippen molar-refractivity contribution in [2.75, 3.05) is 7.11 Å². The zero-order valence-electron chi connectivity index (χ0n) is 10.9. The Kier molecular flexibility index (Phi) is 5.32. The van der Waals surface area contributed by atoms with Crippen molar-refractivity contribution in [2.24, 2.45) is 10.7 Å². The van der Waals surface area contributed by atoms with Crippen LogP contribution in [0.5, 0.6) is 5.88 Å². The molecule has 5 heteroatoms. The second kappa shape index (κ2) is 6.76. The normalized spacial score (nSPS) is 12.4. The third kappa shape index (κ3) is 3.56. The van der Waals surface area contributed by atoms with Crippen LogP contribution < -0.4 is 10.5 Å². The standard InChI is InChI=1S/C13H19N3O2/c1-9(2)16-12(4-5-14)11-7-15-13(18-3)6-10(11)8-17/h4-7,9,17H,8,14H2,1-3H3. The lowest BCUT2D eigenvalue weighted by Crippen LogP contribution is -2.08. The van der Waals surface area contributed by atoms with E-state index in [9.17, 15) is 5.11 Å². The molecule has 1 heterocycles. The van der Waals surface area contributed by atoms with Crippen LogP contribution >= 0.6 is 0 Å². The molecule has 0 fully saturated rings. The third-order valence-corrected chi connectivity index (χ3v) is 2.27. The quantitative estimate of drug-likeness (QED) is 0.770. The molecular weight excluding hydrogens is 230 g/mol. The minimum absolute atomic E-state index is 0.107. The van der Waals surface area contributed by atoms with Crippen LogP contribution in [0.25, 0.3) is 0 Å². The van der Waals surface area contributed by atoms with Gasteiger partial charge >= 0.3 is 0 Å². The summed E-state index contributed by atoms with van der Waals surface area (Å²) in [7, 11) is 1.53. The highest BCUT2D eigenvalue weighted by atomic mass is 16.5. The Labute approximate surface area is 107 Å². The van der Waals surface area contributed by atoms with Crippen molar-refractivity contribution in [3.63, 3.8) is 0 Å². The first-order chi connectivity index (χ1) is 8.62. The number of aliphatic imine (C=N–C) groups is 1. The van der Waals surface area contributed by atoms with E-state index in [4.69, 9.17) is 10.5 Å². The van der Waals surface area contributed by atoms with E-state index in [1.54, 1.807) is 18.3 Å². The molecule has 0 saturated carbocycles. The molecule has 0 bridgehead atoms. The van der Waals surface area contributed by atoms with Gasteiger partial charge in [0.25, 0.3) is 0 Å². The van der Waals surface area contributed by atoms with E-state index in [-0.39, 0.29) is 12.6 Å². The molecule has 18 heavy (non-hydrogen) atoms. The maximum atomic E-state index is 9.40. The maximum Gasteiger partial charge on any atom is 0.213 e. The minimum Gasteiger partial charge on any atom is -0.481 e. The van der Waals surface area contributed by atoms with Gasteiger partial charge in [-0.15, -0.1) is 0 Å². The Hall–Kier alpha value is -1.88. The lowest BCUT2D eigenvalue weighted by atomic mass is 10.1. The van der Waals surface area contributed by atoms with Crippen LogP contribution in [0.1, 0.15) is 25.0 Å². The molecule has 3 N–H and O–H groups in total. The zero-order valence-corrected chi connectivity index (χ0v) is 10.9. The van der Waals surface area contributed by atoms with E-state index in [1.165, 1.54) is 13.3 Å². The molecule has 98 valence electrons. The first kappa shape index (κ1) is 14.2. The highest BCUT2D eigenvalue weighted by Gasteiger charge is 2.09. The average Bonchev–Trinajstić information content (AvgIpc) is 2.37. The van der Waals surface area contributed by atoms with Crippen molar-refractivity contribution in [2.45, 2.75) is 26.5 Å². The summed E-state index contributed by atoms with van der Waals surface area (Å²) in [4.78, 5) is 8.59. The average molecular weight is 249 g/mol. The van der Waals surface area contributed by atoms with Crippen LogP contribution in [-0.4, -0.2) is 29.0 Å². The van der Waals surface area contributed by atoms with Crippen LogP contribution in [-0.2, 0) is 6.61 Å². The van der Waals surface area contributed by atoms with Gasteiger partial charge in [-0.1, -0.05) is 0 Å². The zero-order chi connectivity index (χ0) is 13.5. The van der Waals surface area contributed by atoms with Gasteiger partial charge in [0.05, 0.1) is 19.4 Å². The first-order valence-corrected chi connectivity index (χ1v) is 5.72. The van der Waals surface area contributed by atoms with Gasteiger partial charge in [-0.05, 0) is 31.7 Å². The summed E-state index contributed by atoms with van der Waals surface area (Å²) < 4.78 is 5.03. The summed E-state index contributed by atoms with van der Waals surface area (Å²) in [5.74, 6) is 0.462. The molecule has 0 aliphatic rings. The summed E-state index contributed by atoms with van der Waals surface area (Å²) >= 11 is 0. The summed E-state index contributed by atoms with van der Waals surface area (Å²) in [6.45, 7) is 3.84. The van der Waals surface area contributed by atoms with Crippen molar-refractivity contribution in [1.29, 1.82) is 0 Å². The number of aromatic nitrogens is 1. The lowest BCUT2D eigenvalue weighted by Gasteiger charge is -2.10. The smallest absolute Gasteiger partial charge is 0.213 e. The number of nitrogens with zero attached hydrogens (tertiary/aromatic N) is 2. The predicted octanol–water partition coefficient (Wildman–Crippen LogP) is 1.25. The van der Waals surface area contributed by atoms with E-state index in [0.717, 1.165) is 5.56 Å². The number of hydrogen-bond acceptors (Lipinski definition) is 5. The Morgan fingerprint density at radius 2 is 2.33 bits per heavy atom. The molecular formula is C13H19N3O2. The second-order valence-corrected chi connectivity index (χ2v) is 4.01. The Bertz CT molecular complexity index is 454. The van der Waals surface area contributed by atoms with Crippen LogP contribution in [0.4, 0.5) is 0 Å². The van der Waals surface area contributed by atoms with Crippen LogP contribution in [0.2, 0.25) is 0 Å². The van der Waals surface area contributed by atoms with Crippen molar-refractivity contribution in [1.82, 2.24) is 4.98 Å². The predicted molar refractivity (Wildman–Crippen MR) is 71.7 cm³/mol. The first-order valence-electron chi connectivity index (χ1n) is 5.72. The fourth-order valence-corrected chi connectivity index (χ4v) is 1.52. The van der Waals surface area contributed by atoms with Crippen LogP contribution in [0.3, 0.4) is 0 Å². The molecule has 1 aromatic heterocycles. The third-order valence-electron chi connectivity index (χ3n) is 2.27.